The first kappa shape index (κ1) is 15.0. The van der Waals surface area contributed by atoms with Gasteiger partial charge in [0.2, 0.25) is 0 Å². The summed E-state index contributed by atoms with van der Waals surface area (Å²) >= 11 is 0. The Kier molecular flexibility index (Phi) is 4.92. The lowest BCUT2D eigenvalue weighted by Gasteiger charge is -2.13. The molecule has 0 aliphatic heterocycles. The van der Waals surface area contributed by atoms with Crippen LogP contribution in [0, 0.1) is 0 Å². The number of carbonyl (C=O) groups is 2. The van der Waals surface area contributed by atoms with E-state index >= 15 is 0 Å². The summed E-state index contributed by atoms with van der Waals surface area (Å²) in [6, 6.07) is 3.13. The van der Waals surface area contributed by atoms with E-state index in [-0.39, 0.29) is 29.6 Å². The lowest BCUT2D eigenvalue weighted by Crippen LogP contribution is -2.18. The third-order valence-electron chi connectivity index (χ3n) is 2.69. The van der Waals surface area contributed by atoms with Gasteiger partial charge in [-0.1, -0.05) is 13.8 Å². The molecule has 0 unspecified atom stereocenters. The second kappa shape index (κ2) is 6.22. The zero-order valence-corrected chi connectivity index (χ0v) is 11.5. The molecule has 0 spiro atoms. The Morgan fingerprint density at radius 2 is 1.95 bits per heavy atom. The number of rotatable bonds is 5. The van der Waals surface area contributed by atoms with E-state index in [0.717, 1.165) is 5.56 Å². The summed E-state index contributed by atoms with van der Waals surface area (Å²) in [5, 5.41) is 9.93. The van der Waals surface area contributed by atoms with Crippen LogP contribution < -0.4 is 4.74 Å². The van der Waals surface area contributed by atoms with Gasteiger partial charge in [-0.2, -0.15) is 0 Å². The molecule has 5 heteroatoms. The number of ether oxygens (including phenoxy) is 2. The predicted molar refractivity (Wildman–Crippen MR) is 69.7 cm³/mol. The molecule has 104 valence electrons. The molecule has 0 saturated carbocycles. The summed E-state index contributed by atoms with van der Waals surface area (Å²) in [5.74, 6) is -1.91. The van der Waals surface area contributed by atoms with Gasteiger partial charge in [-0.15, -0.1) is 0 Å². The van der Waals surface area contributed by atoms with Gasteiger partial charge < -0.3 is 14.6 Å². The van der Waals surface area contributed by atoms with Gasteiger partial charge in [0.15, 0.2) is 11.5 Å². The van der Waals surface area contributed by atoms with Gasteiger partial charge >= 0.3 is 5.97 Å². The molecule has 0 saturated heterocycles. The largest absolute Gasteiger partial charge is 0.504 e. The highest BCUT2D eigenvalue weighted by molar-refractivity contribution is 6.41. The van der Waals surface area contributed by atoms with E-state index in [1.54, 1.807) is 13.0 Å². The first-order chi connectivity index (χ1) is 8.92. The fraction of sp³-hybridized carbons (Fsp3) is 0.429. The number of hydrogen-bond acceptors (Lipinski definition) is 5. The van der Waals surface area contributed by atoms with Crippen LogP contribution in [0.3, 0.4) is 0 Å². The van der Waals surface area contributed by atoms with Crippen LogP contribution in [0.15, 0.2) is 12.1 Å². The maximum atomic E-state index is 11.9. The molecular weight excluding hydrogens is 248 g/mol. The minimum atomic E-state index is -0.985. The van der Waals surface area contributed by atoms with E-state index in [0.29, 0.717) is 0 Å². The average Bonchev–Trinajstić information content (AvgIpc) is 2.38. The summed E-state index contributed by atoms with van der Waals surface area (Å²) in [6.45, 7) is 5.58. The van der Waals surface area contributed by atoms with Crippen molar-refractivity contribution in [2.45, 2.75) is 26.7 Å². The number of methoxy groups -OCH3 is 1. The van der Waals surface area contributed by atoms with Gasteiger partial charge in [0.25, 0.3) is 5.78 Å². The first-order valence-corrected chi connectivity index (χ1v) is 6.04. The third kappa shape index (κ3) is 3.24. The van der Waals surface area contributed by atoms with Crippen molar-refractivity contribution in [1.82, 2.24) is 0 Å². The minimum Gasteiger partial charge on any atom is -0.504 e. The Balaban J connectivity index is 3.29. The monoisotopic (exact) mass is 266 g/mol. The topological polar surface area (TPSA) is 72.8 Å². The summed E-state index contributed by atoms with van der Waals surface area (Å²) in [6.07, 6.45) is 0. The fourth-order valence-corrected chi connectivity index (χ4v) is 1.60. The van der Waals surface area contributed by atoms with E-state index in [9.17, 15) is 14.7 Å². The van der Waals surface area contributed by atoms with Gasteiger partial charge in [-0.05, 0) is 30.5 Å². The zero-order chi connectivity index (χ0) is 14.6. The normalized spacial score (nSPS) is 10.4. The lowest BCUT2D eigenvalue weighted by molar-refractivity contribution is -0.137. The van der Waals surface area contributed by atoms with E-state index < -0.39 is 11.8 Å². The molecule has 0 aliphatic carbocycles. The SMILES string of the molecule is CCOC(=O)C(=O)c1cc(C(C)C)cc(OC)c1O. The van der Waals surface area contributed by atoms with Gasteiger partial charge in [0, 0.05) is 0 Å². The first-order valence-electron chi connectivity index (χ1n) is 6.04. The third-order valence-corrected chi connectivity index (χ3v) is 2.69. The van der Waals surface area contributed by atoms with Crippen LogP contribution in [0.2, 0.25) is 0 Å². The van der Waals surface area contributed by atoms with Crippen molar-refractivity contribution in [1.29, 1.82) is 0 Å². The Labute approximate surface area is 112 Å². The number of ketones is 1. The standard InChI is InChI=1S/C14H18O5/c1-5-19-14(17)13(16)10-6-9(8(2)3)7-11(18-4)12(10)15/h6-8,15H,5H2,1-4H3. The smallest absolute Gasteiger partial charge is 0.379 e. The molecule has 0 radical (unpaired) electrons. The molecular formula is C14H18O5. The highest BCUT2D eigenvalue weighted by atomic mass is 16.5. The zero-order valence-electron chi connectivity index (χ0n) is 11.5. The van der Waals surface area contributed by atoms with Crippen molar-refractivity contribution in [3.05, 3.63) is 23.3 Å². The van der Waals surface area contributed by atoms with Gasteiger partial charge in [0.1, 0.15) is 0 Å². The minimum absolute atomic E-state index is 0.0958. The highest BCUT2D eigenvalue weighted by Gasteiger charge is 2.24. The molecule has 0 fully saturated rings. The van der Waals surface area contributed by atoms with Gasteiger partial charge in [-0.25, -0.2) is 4.79 Å². The quantitative estimate of drug-likeness (QED) is 0.503. The second-order valence-electron chi connectivity index (χ2n) is 4.32. The van der Waals surface area contributed by atoms with Crippen LogP contribution in [0.4, 0.5) is 0 Å². The maximum Gasteiger partial charge on any atom is 0.379 e. The van der Waals surface area contributed by atoms with Crippen LogP contribution in [0.5, 0.6) is 11.5 Å². The number of Topliss-reactive ketones (excluding diaryl/α,β-unsaturated/α-hetero) is 1. The van der Waals surface area contributed by atoms with Crippen molar-refractivity contribution in [3.63, 3.8) is 0 Å². The Morgan fingerprint density at radius 3 is 2.42 bits per heavy atom. The van der Waals surface area contributed by atoms with Gasteiger partial charge in [-0.3, -0.25) is 4.79 Å². The number of phenolic OH excluding ortho intramolecular Hbond substituents is 1. The molecule has 0 aromatic heterocycles. The lowest BCUT2D eigenvalue weighted by atomic mass is 9.97. The van der Waals surface area contributed by atoms with Crippen LogP contribution in [0.1, 0.15) is 42.6 Å². The van der Waals surface area contributed by atoms with Crippen LogP contribution in [0.25, 0.3) is 0 Å². The van der Waals surface area contributed by atoms with Gasteiger partial charge in [0.05, 0.1) is 19.3 Å². The number of carbonyl (C=O) groups excluding carboxylic acids is 2. The van der Waals surface area contributed by atoms with Crippen molar-refractivity contribution in [2.75, 3.05) is 13.7 Å². The maximum absolute atomic E-state index is 11.9. The number of benzene rings is 1. The van der Waals surface area contributed by atoms with E-state index in [4.69, 9.17) is 4.74 Å². The van der Waals surface area contributed by atoms with Crippen LogP contribution >= 0.6 is 0 Å². The Morgan fingerprint density at radius 1 is 1.32 bits per heavy atom. The summed E-state index contributed by atoms with van der Waals surface area (Å²) in [7, 11) is 1.39. The summed E-state index contributed by atoms with van der Waals surface area (Å²) in [5.41, 5.74) is 0.698. The molecule has 0 aliphatic rings. The Hall–Kier alpha value is -2.04. The van der Waals surface area contributed by atoms with Crippen molar-refractivity contribution >= 4 is 11.8 Å². The predicted octanol–water partition coefficient (Wildman–Crippen LogP) is 2.27. The molecule has 0 heterocycles. The fourth-order valence-electron chi connectivity index (χ4n) is 1.60. The van der Waals surface area contributed by atoms with Crippen LogP contribution in [-0.2, 0) is 9.53 Å². The molecule has 5 nitrogen and oxygen atoms in total. The molecule has 1 aromatic rings. The van der Waals surface area contributed by atoms with Crippen molar-refractivity contribution in [3.8, 4) is 11.5 Å². The van der Waals surface area contributed by atoms with Crippen molar-refractivity contribution < 1.29 is 24.2 Å². The molecule has 0 atom stereocenters. The second-order valence-corrected chi connectivity index (χ2v) is 4.32. The summed E-state index contributed by atoms with van der Waals surface area (Å²) < 4.78 is 9.66. The molecule has 1 rings (SSSR count). The van der Waals surface area contributed by atoms with E-state index in [1.165, 1.54) is 13.2 Å². The summed E-state index contributed by atoms with van der Waals surface area (Å²) in [4.78, 5) is 23.4. The number of hydrogen-bond donors (Lipinski definition) is 1. The van der Waals surface area contributed by atoms with Crippen molar-refractivity contribution in [2.24, 2.45) is 0 Å². The van der Waals surface area contributed by atoms with Crippen LogP contribution in [-0.4, -0.2) is 30.6 Å². The average molecular weight is 266 g/mol. The molecule has 1 aromatic carbocycles. The van der Waals surface area contributed by atoms with E-state index in [1.807, 2.05) is 13.8 Å². The molecule has 19 heavy (non-hydrogen) atoms. The number of esters is 1. The Bertz CT molecular complexity index is 491. The highest BCUT2D eigenvalue weighted by Crippen LogP contribution is 2.34. The number of phenols is 1. The molecule has 0 amide bonds. The molecule has 1 N–H and O–H groups in total. The number of aromatic hydroxyl groups is 1. The van der Waals surface area contributed by atoms with E-state index in [2.05, 4.69) is 4.74 Å². The molecule has 0 bridgehead atoms.